The standard InChI is InChI=1S/C20H27ClN2OS/c1-5-6-7-8-15-9-11-16(12-10-15)14-25-17-13-22-23(20(2,3)4)19(24)18(17)21/h9-13H,5-8,14H2,1-4H3. The summed E-state index contributed by atoms with van der Waals surface area (Å²) in [5, 5.41) is 4.53. The van der Waals surface area contributed by atoms with Crippen LogP contribution in [0.5, 0.6) is 0 Å². The number of hydrogen-bond donors (Lipinski definition) is 0. The van der Waals surface area contributed by atoms with E-state index in [4.69, 9.17) is 11.6 Å². The van der Waals surface area contributed by atoms with E-state index in [1.165, 1.54) is 35.1 Å². The molecule has 0 aliphatic carbocycles. The Morgan fingerprint density at radius 1 is 1.12 bits per heavy atom. The van der Waals surface area contributed by atoms with Gasteiger partial charge in [-0.15, -0.1) is 11.8 Å². The summed E-state index contributed by atoms with van der Waals surface area (Å²) in [6, 6.07) is 8.71. The quantitative estimate of drug-likeness (QED) is 0.459. The Morgan fingerprint density at radius 2 is 1.76 bits per heavy atom. The number of unbranched alkanes of at least 4 members (excludes halogenated alkanes) is 2. The lowest BCUT2D eigenvalue weighted by atomic mass is 10.1. The van der Waals surface area contributed by atoms with Gasteiger partial charge in [-0.05, 0) is 44.7 Å². The van der Waals surface area contributed by atoms with Crippen LogP contribution in [0.15, 0.2) is 40.2 Å². The Bertz CT molecular complexity index is 748. The fourth-order valence-electron chi connectivity index (χ4n) is 2.54. The summed E-state index contributed by atoms with van der Waals surface area (Å²) in [6.07, 6.45) is 6.61. The molecule has 0 saturated carbocycles. The second-order valence-electron chi connectivity index (χ2n) is 7.27. The molecule has 0 bridgehead atoms. The van der Waals surface area contributed by atoms with Gasteiger partial charge in [-0.2, -0.15) is 5.10 Å². The van der Waals surface area contributed by atoms with E-state index >= 15 is 0 Å². The smallest absolute Gasteiger partial charge is 0.266 e. The summed E-state index contributed by atoms with van der Waals surface area (Å²) < 4.78 is 1.44. The molecule has 0 fully saturated rings. The highest BCUT2D eigenvalue weighted by atomic mass is 35.5. The van der Waals surface area contributed by atoms with E-state index in [1.807, 2.05) is 20.8 Å². The van der Waals surface area contributed by atoms with Crippen LogP contribution in [-0.4, -0.2) is 9.78 Å². The van der Waals surface area contributed by atoms with Crippen LogP contribution in [0.4, 0.5) is 0 Å². The number of aryl methyl sites for hydroxylation is 1. The topological polar surface area (TPSA) is 34.9 Å². The number of hydrogen-bond acceptors (Lipinski definition) is 3. The predicted octanol–water partition coefficient (Wildman–Crippen LogP) is 5.68. The third-order valence-electron chi connectivity index (χ3n) is 4.01. The molecule has 0 saturated heterocycles. The van der Waals surface area contributed by atoms with Gasteiger partial charge >= 0.3 is 0 Å². The summed E-state index contributed by atoms with van der Waals surface area (Å²) >= 11 is 7.83. The first kappa shape index (κ1) is 20.1. The van der Waals surface area contributed by atoms with E-state index in [0.29, 0.717) is 0 Å². The Kier molecular flexibility index (Phi) is 7.14. The van der Waals surface area contributed by atoms with Gasteiger partial charge in [0.15, 0.2) is 0 Å². The first-order chi connectivity index (χ1) is 11.8. The molecule has 136 valence electrons. The summed E-state index contributed by atoms with van der Waals surface area (Å²) in [5.74, 6) is 0.773. The highest BCUT2D eigenvalue weighted by molar-refractivity contribution is 7.98. The van der Waals surface area contributed by atoms with E-state index in [2.05, 4.69) is 36.3 Å². The van der Waals surface area contributed by atoms with Crippen LogP contribution in [0.25, 0.3) is 0 Å². The highest BCUT2D eigenvalue weighted by Gasteiger charge is 2.19. The van der Waals surface area contributed by atoms with Gasteiger partial charge in [-0.25, -0.2) is 4.68 Å². The average molecular weight is 379 g/mol. The molecule has 25 heavy (non-hydrogen) atoms. The minimum Gasteiger partial charge on any atom is -0.266 e. The molecule has 0 N–H and O–H groups in total. The Labute approximate surface area is 159 Å². The largest absolute Gasteiger partial charge is 0.287 e. The van der Waals surface area contributed by atoms with Crippen molar-refractivity contribution < 1.29 is 0 Å². The summed E-state index contributed by atoms with van der Waals surface area (Å²) in [4.78, 5) is 13.1. The first-order valence-electron chi connectivity index (χ1n) is 8.82. The number of rotatable bonds is 7. The molecule has 1 aromatic heterocycles. The van der Waals surface area contributed by atoms with Crippen molar-refractivity contribution in [1.29, 1.82) is 0 Å². The first-order valence-corrected chi connectivity index (χ1v) is 10.2. The number of halogens is 1. The van der Waals surface area contributed by atoms with Gasteiger partial charge in [0, 0.05) is 5.75 Å². The van der Waals surface area contributed by atoms with E-state index in [9.17, 15) is 4.79 Å². The van der Waals surface area contributed by atoms with Gasteiger partial charge in [0.1, 0.15) is 5.02 Å². The lowest BCUT2D eigenvalue weighted by molar-refractivity contribution is 0.336. The number of aromatic nitrogens is 2. The molecule has 5 heteroatoms. The Balaban J connectivity index is 2.02. The number of benzene rings is 1. The van der Waals surface area contributed by atoms with E-state index in [1.54, 1.807) is 18.0 Å². The van der Waals surface area contributed by atoms with Crippen LogP contribution in [-0.2, 0) is 17.7 Å². The van der Waals surface area contributed by atoms with Crippen molar-refractivity contribution >= 4 is 23.4 Å². The highest BCUT2D eigenvalue weighted by Crippen LogP contribution is 2.27. The lowest BCUT2D eigenvalue weighted by Gasteiger charge is -2.21. The summed E-state index contributed by atoms with van der Waals surface area (Å²) in [7, 11) is 0. The molecular weight excluding hydrogens is 352 g/mol. The molecule has 0 radical (unpaired) electrons. The molecule has 2 aromatic rings. The molecular formula is C20H27ClN2OS. The van der Waals surface area contributed by atoms with Crippen LogP contribution in [0, 0.1) is 0 Å². The fraction of sp³-hybridized carbons (Fsp3) is 0.500. The molecule has 0 unspecified atom stereocenters. The minimum atomic E-state index is -0.377. The molecule has 1 aromatic carbocycles. The lowest BCUT2D eigenvalue weighted by Crippen LogP contribution is -2.36. The second kappa shape index (κ2) is 8.91. The van der Waals surface area contributed by atoms with Crippen LogP contribution >= 0.6 is 23.4 Å². The molecule has 0 aliphatic rings. The van der Waals surface area contributed by atoms with Gasteiger partial charge in [0.25, 0.3) is 5.56 Å². The third-order valence-corrected chi connectivity index (χ3v) is 5.58. The van der Waals surface area contributed by atoms with Crippen molar-refractivity contribution in [2.45, 2.75) is 69.6 Å². The zero-order valence-electron chi connectivity index (χ0n) is 15.5. The van der Waals surface area contributed by atoms with Gasteiger partial charge in [0.2, 0.25) is 0 Å². The third kappa shape index (κ3) is 5.61. The van der Waals surface area contributed by atoms with Crippen molar-refractivity contribution in [3.8, 4) is 0 Å². The van der Waals surface area contributed by atoms with Crippen molar-refractivity contribution in [2.24, 2.45) is 0 Å². The maximum atomic E-state index is 12.4. The summed E-state index contributed by atoms with van der Waals surface area (Å²) in [5.41, 5.74) is 2.00. The second-order valence-corrected chi connectivity index (χ2v) is 8.67. The minimum absolute atomic E-state index is 0.231. The number of nitrogens with zero attached hydrogens (tertiary/aromatic N) is 2. The van der Waals surface area contributed by atoms with Crippen molar-refractivity contribution in [2.75, 3.05) is 0 Å². The molecule has 0 atom stereocenters. The molecule has 2 rings (SSSR count). The van der Waals surface area contributed by atoms with Crippen molar-refractivity contribution in [1.82, 2.24) is 9.78 Å². The zero-order chi connectivity index (χ0) is 18.4. The van der Waals surface area contributed by atoms with Crippen molar-refractivity contribution in [3.05, 3.63) is 57.0 Å². The van der Waals surface area contributed by atoms with Gasteiger partial charge in [-0.1, -0.05) is 55.6 Å². The van der Waals surface area contributed by atoms with Crippen LogP contribution in [0.1, 0.15) is 58.1 Å². The molecule has 0 spiro atoms. The van der Waals surface area contributed by atoms with Gasteiger partial charge < -0.3 is 0 Å². The summed E-state index contributed by atoms with van der Waals surface area (Å²) in [6.45, 7) is 8.03. The SMILES string of the molecule is CCCCCc1ccc(CSc2cnn(C(C)(C)C)c(=O)c2Cl)cc1. The van der Waals surface area contributed by atoms with E-state index < -0.39 is 0 Å². The maximum Gasteiger partial charge on any atom is 0.287 e. The Hall–Kier alpha value is -1.26. The van der Waals surface area contributed by atoms with E-state index in [-0.39, 0.29) is 16.1 Å². The molecule has 0 aliphatic heterocycles. The maximum absolute atomic E-state index is 12.4. The molecule has 1 heterocycles. The van der Waals surface area contributed by atoms with Crippen LogP contribution in [0.2, 0.25) is 5.02 Å². The monoisotopic (exact) mass is 378 g/mol. The normalized spacial score (nSPS) is 11.7. The van der Waals surface area contributed by atoms with Crippen LogP contribution in [0.3, 0.4) is 0 Å². The fourth-order valence-corrected chi connectivity index (χ4v) is 3.68. The zero-order valence-corrected chi connectivity index (χ0v) is 17.1. The predicted molar refractivity (Wildman–Crippen MR) is 108 cm³/mol. The van der Waals surface area contributed by atoms with Gasteiger partial charge in [-0.3, -0.25) is 4.79 Å². The molecule has 3 nitrogen and oxygen atoms in total. The van der Waals surface area contributed by atoms with E-state index in [0.717, 1.165) is 17.1 Å². The van der Waals surface area contributed by atoms with Crippen LogP contribution < -0.4 is 5.56 Å². The van der Waals surface area contributed by atoms with Crippen molar-refractivity contribution in [3.63, 3.8) is 0 Å². The van der Waals surface area contributed by atoms with Gasteiger partial charge in [0.05, 0.1) is 16.6 Å². The number of thioether (sulfide) groups is 1. The Morgan fingerprint density at radius 3 is 2.36 bits per heavy atom. The average Bonchev–Trinajstić information content (AvgIpc) is 2.56. The molecule has 0 amide bonds.